The number of rotatable bonds is 13. The van der Waals surface area contributed by atoms with Crippen molar-refractivity contribution in [3.8, 4) is 0 Å². The van der Waals surface area contributed by atoms with Gasteiger partial charge in [-0.3, -0.25) is 33.6 Å². The highest BCUT2D eigenvalue weighted by molar-refractivity contribution is 5.94. The minimum atomic E-state index is -1.04. The van der Waals surface area contributed by atoms with Crippen LogP contribution in [0.4, 0.5) is 0 Å². The molecule has 0 aromatic rings. The summed E-state index contributed by atoms with van der Waals surface area (Å²) in [5.74, 6) is -2.73. The van der Waals surface area contributed by atoms with E-state index in [2.05, 4.69) is 31.9 Å². The number of carbonyl (C=O) groups is 7. The van der Waals surface area contributed by atoms with Crippen molar-refractivity contribution in [1.82, 2.24) is 36.8 Å². The Balaban J connectivity index is 0.000000942. The van der Waals surface area contributed by atoms with Crippen molar-refractivity contribution in [3.63, 3.8) is 0 Å². The molecule has 0 aromatic heterocycles. The summed E-state index contributed by atoms with van der Waals surface area (Å²) in [7, 11) is 1.49. The van der Waals surface area contributed by atoms with Crippen LogP contribution < -0.4 is 37.6 Å². The Hall–Kier alpha value is -3.75. The maximum atomic E-state index is 12.2. The molecule has 1 aliphatic heterocycles. The van der Waals surface area contributed by atoms with E-state index >= 15 is 0 Å². The molecule has 7 amide bonds. The summed E-state index contributed by atoms with van der Waals surface area (Å²) in [5.41, 5.74) is 0.231. The third kappa shape index (κ3) is 13.9. The quantitative estimate of drug-likeness (QED) is 0.123. The van der Waals surface area contributed by atoms with Crippen molar-refractivity contribution in [1.29, 1.82) is 0 Å². The van der Waals surface area contributed by atoms with Crippen LogP contribution in [0.5, 0.6) is 0 Å². The van der Waals surface area contributed by atoms with Gasteiger partial charge in [-0.15, -0.1) is 0 Å². The number of carbonyl (C=O) groups excluding carboxylic acids is 7. The monoisotopic (exact) mass is 586 g/mol. The van der Waals surface area contributed by atoms with Gasteiger partial charge in [0.25, 0.3) is 0 Å². The van der Waals surface area contributed by atoms with Gasteiger partial charge in [-0.1, -0.05) is 6.92 Å². The summed E-state index contributed by atoms with van der Waals surface area (Å²) in [5, 5.41) is 14.9. The van der Waals surface area contributed by atoms with Gasteiger partial charge in [0.15, 0.2) is 0 Å². The summed E-state index contributed by atoms with van der Waals surface area (Å²) in [6.45, 7) is 12.1. The minimum Gasteiger partial charge on any atom is -0.357 e. The lowest BCUT2D eigenvalue weighted by Gasteiger charge is -2.23. The summed E-state index contributed by atoms with van der Waals surface area (Å²) in [6.07, 6.45) is 2.24. The number of nitrogens with zero attached hydrogens (tertiary/aromatic N) is 1. The molecule has 0 saturated carbocycles. The van der Waals surface area contributed by atoms with Crippen LogP contribution in [0.1, 0.15) is 67.7 Å². The Bertz CT molecular complexity index is 995. The predicted molar refractivity (Wildman–Crippen MR) is 152 cm³/mol. The number of amides is 7. The van der Waals surface area contributed by atoms with Crippen molar-refractivity contribution in [2.24, 2.45) is 5.72 Å². The van der Waals surface area contributed by atoms with Gasteiger partial charge < -0.3 is 42.5 Å². The molecule has 1 aliphatic rings. The van der Waals surface area contributed by atoms with E-state index in [1.165, 1.54) is 27.8 Å². The highest BCUT2D eigenvalue weighted by Gasteiger charge is 2.27. The van der Waals surface area contributed by atoms with Crippen molar-refractivity contribution in [2.75, 3.05) is 20.1 Å². The first kappa shape index (κ1) is 33.5. The number of nitrogens with one attached hydrogen (secondary N) is 6. The van der Waals surface area contributed by atoms with E-state index in [0.717, 1.165) is 12.8 Å². The highest BCUT2D eigenvalue weighted by atomic mass is 16.2. The number of likely N-dealkylation sites (N-methyl/N-ethyl adjacent to an activating group) is 1. The number of hydrogen-bond acceptors (Lipinski definition) is 8. The van der Waals surface area contributed by atoms with Crippen LogP contribution in [0.2, 0.25) is 2.82 Å². The van der Waals surface area contributed by atoms with Crippen LogP contribution in [0.25, 0.3) is 0 Å². The molecule has 41 heavy (non-hydrogen) atoms. The highest BCUT2D eigenvalue weighted by Crippen LogP contribution is 2.09. The van der Waals surface area contributed by atoms with Crippen LogP contribution >= 0.6 is 0 Å². The maximum absolute atomic E-state index is 12.2. The van der Waals surface area contributed by atoms with Crippen LogP contribution in [-0.2, 0) is 33.6 Å². The van der Waals surface area contributed by atoms with Gasteiger partial charge in [0.05, 0.1) is 6.04 Å². The molecule has 0 aromatic carbocycles. The van der Waals surface area contributed by atoms with Crippen molar-refractivity contribution >= 4 is 41.4 Å². The Morgan fingerprint density at radius 3 is 1.51 bits per heavy atom. The average molecular weight is 587 g/mol. The molecule has 234 valence electrons. The van der Waals surface area contributed by atoms with Gasteiger partial charge in [0.2, 0.25) is 41.4 Å². The molecule has 1 heterocycles. The van der Waals surface area contributed by atoms with E-state index in [1.54, 1.807) is 32.6 Å². The topological polar surface area (TPSA) is 221 Å². The van der Waals surface area contributed by atoms with Gasteiger partial charge in [-0.25, -0.2) is 0 Å². The van der Waals surface area contributed by atoms with E-state index in [1.807, 2.05) is 0 Å². The van der Waals surface area contributed by atoms with E-state index in [4.69, 9.17) is 2.82 Å². The summed E-state index contributed by atoms with van der Waals surface area (Å²) >= 11 is 0. The molecule has 15 heteroatoms. The van der Waals surface area contributed by atoms with Gasteiger partial charge in [-0.2, -0.15) is 0 Å². The number of likely N-dealkylation sites (tertiary alicyclic amines) is 1. The van der Waals surface area contributed by atoms with E-state index in [0.29, 0.717) is 19.5 Å². The number of nitrogens with two attached hydrogens (primary N) is 1. The zero-order chi connectivity index (χ0) is 33.4. The zero-order valence-corrected chi connectivity index (χ0v) is 25.3. The second-order valence-electron chi connectivity index (χ2n) is 9.89. The predicted octanol–water partition coefficient (Wildman–Crippen LogP) is -2.38. The smallest absolute Gasteiger partial charge is 0.244 e. The standard InChI is InChI=1S/C16H29N5O4.C10H19N3O3/c1-9(17)13(22)18-10(2)14(23)19-11(3)15(24)20-12(4)16(25)21-7-5-6-8-21;1-5-8(14)12-7(3)10(16)13-6(2)9(15)11-4/h9-12H,5-8,17H2,1-4H3,(H,18,22)(H,19,23)(H,20,24);6-7H,5H2,1-4H3,(H,11,15)(H,12,14)(H,13,16)/i/hTH. The molecule has 6 atom stereocenters. The van der Waals surface area contributed by atoms with E-state index < -0.39 is 54.0 Å². The molecule has 0 aliphatic carbocycles. The molecule has 0 spiro atoms. The molecule has 15 nitrogen and oxygen atoms in total. The third-order valence-electron chi connectivity index (χ3n) is 6.12. The minimum absolute atomic E-state index is 0.149. The lowest BCUT2D eigenvalue weighted by molar-refractivity contribution is -0.136. The molecular weight excluding hydrogens is 536 g/mol. The second-order valence-corrected chi connectivity index (χ2v) is 9.89. The van der Waals surface area contributed by atoms with E-state index in [9.17, 15) is 33.6 Å². The Labute approximate surface area is 244 Å². The first-order valence-electron chi connectivity index (χ1n) is 14.6. The summed E-state index contributed by atoms with van der Waals surface area (Å²) in [4.78, 5) is 83.7. The molecule has 0 radical (unpaired) electrons. The van der Waals surface area contributed by atoms with Crippen molar-refractivity contribution in [3.05, 3.63) is 0 Å². The second kappa shape index (κ2) is 18.6. The van der Waals surface area contributed by atoms with Crippen molar-refractivity contribution in [2.45, 2.75) is 104 Å². The van der Waals surface area contributed by atoms with Crippen molar-refractivity contribution < 1.29 is 36.4 Å². The fourth-order valence-corrected chi connectivity index (χ4v) is 3.44. The molecular formula is C26H48N8O7. The average Bonchev–Trinajstić information content (AvgIpc) is 3.50. The molecule has 6 unspecified atom stereocenters. The molecule has 1 fully saturated rings. The normalized spacial score (nSPS) is 17.4. The first-order valence-corrected chi connectivity index (χ1v) is 13.7. The molecule has 8 N–H and O–H groups in total. The van der Waals surface area contributed by atoms with E-state index in [-0.39, 0.29) is 29.3 Å². The lowest BCUT2D eigenvalue weighted by Crippen LogP contribution is -2.55. The van der Waals surface area contributed by atoms with Gasteiger partial charge >= 0.3 is 0 Å². The molecule has 1 saturated heterocycles. The van der Waals surface area contributed by atoms with Gasteiger partial charge in [-0.05, 0) is 54.4 Å². The fourth-order valence-electron chi connectivity index (χ4n) is 3.44. The zero-order valence-electron chi connectivity index (χ0n) is 27.3. The Morgan fingerprint density at radius 2 is 1.10 bits per heavy atom. The summed E-state index contributed by atoms with van der Waals surface area (Å²) < 4.78 is 14.1. The Morgan fingerprint density at radius 1 is 0.707 bits per heavy atom. The summed E-state index contributed by atoms with van der Waals surface area (Å²) in [6, 6.07) is -4.82. The first-order chi connectivity index (χ1) is 20.0. The van der Waals surface area contributed by atoms with Gasteiger partial charge in [0.1, 0.15) is 33.0 Å². The van der Waals surface area contributed by atoms with Crippen LogP contribution in [0.3, 0.4) is 0 Å². The van der Waals surface area contributed by atoms with Crippen LogP contribution in [0, 0.1) is 0 Å². The SMILES string of the molecule is CCC(=O)NC(C)C(=O)NC(C)C(=O)NC.[1H]N([3H])C(C)C(=O)NC(C)C(=O)NC(C)C(=O)NC(C)C(=O)N1CCCC1. The van der Waals surface area contributed by atoms with Gasteiger partial charge in [0, 0.05) is 26.6 Å². The Kier molecular flexibility index (Phi) is 15.2. The van der Waals surface area contributed by atoms with Crippen LogP contribution in [0.15, 0.2) is 0 Å². The third-order valence-corrected chi connectivity index (χ3v) is 6.12. The molecule has 0 bridgehead atoms. The number of hydrogen-bond donors (Lipinski definition) is 7. The molecule has 1 rings (SSSR count). The fraction of sp³-hybridized carbons (Fsp3) is 0.731. The van der Waals surface area contributed by atoms with Crippen LogP contribution in [-0.4, -0.2) is 103 Å². The largest absolute Gasteiger partial charge is 0.357 e. The lowest BCUT2D eigenvalue weighted by atomic mass is 10.2. The maximum Gasteiger partial charge on any atom is 0.244 e.